The Morgan fingerprint density at radius 2 is 1.39 bits per heavy atom. The summed E-state index contributed by atoms with van der Waals surface area (Å²) in [6.07, 6.45) is 8.42. The number of nitrogens with zero attached hydrogens (tertiary/aromatic N) is 1. The smallest absolute Gasteiger partial charge is 0.308 e. The van der Waals surface area contributed by atoms with Gasteiger partial charge in [0.25, 0.3) is 11.5 Å². The minimum atomic E-state index is -2.24. The van der Waals surface area contributed by atoms with Crippen molar-refractivity contribution in [3.8, 4) is 0 Å². The Labute approximate surface area is 225 Å². The number of nitro groups is 1. The summed E-state index contributed by atoms with van der Waals surface area (Å²) in [5.41, 5.74) is -0.189. The number of benzene rings is 1. The van der Waals surface area contributed by atoms with E-state index in [4.69, 9.17) is 9.47 Å². The maximum atomic E-state index is 12.8. The lowest BCUT2D eigenvalue weighted by Crippen LogP contribution is -2.64. The number of aliphatic hydroxyl groups excluding tert-OH is 4. The number of nitro benzene ring substituents is 1. The van der Waals surface area contributed by atoms with Gasteiger partial charge in [-0.05, 0) is 18.6 Å². The lowest BCUT2D eigenvalue weighted by atomic mass is 9.88. The molecule has 38 heavy (non-hydrogen) atoms. The zero-order chi connectivity index (χ0) is 28.0. The number of non-ortho nitro benzene ring substituents is 1. The summed E-state index contributed by atoms with van der Waals surface area (Å²) in [7, 11) is 0. The van der Waals surface area contributed by atoms with Crippen LogP contribution in [0.2, 0.25) is 0 Å². The fourth-order valence-electron chi connectivity index (χ4n) is 4.85. The van der Waals surface area contributed by atoms with Gasteiger partial charge in [-0.25, -0.2) is 0 Å². The first-order chi connectivity index (χ1) is 18.3. The highest BCUT2D eigenvalue weighted by atomic mass is 16.7. The standard InChI is InChI=1S/C28H45NO9/c1-2-3-4-5-6-7-8-9-10-11-12-13-14-15-24(31)38-28(21-16-18-22(19-17-21)29(35)36)27(34)26(33)25(32)23(20-30)37-28/h16-19,23,25-27,30,32-34H,2-15,20H2,1H3/t23-,25-,26+,27-,28-/m1/s1. The van der Waals surface area contributed by atoms with E-state index in [0.717, 1.165) is 31.4 Å². The van der Waals surface area contributed by atoms with Gasteiger partial charge >= 0.3 is 5.97 Å². The highest BCUT2D eigenvalue weighted by Gasteiger charge is 2.57. The number of ether oxygens (including phenoxy) is 2. The molecule has 10 nitrogen and oxygen atoms in total. The molecule has 1 heterocycles. The number of carbonyl (C=O) groups is 1. The zero-order valence-electron chi connectivity index (χ0n) is 22.5. The van der Waals surface area contributed by atoms with Crippen molar-refractivity contribution in [1.82, 2.24) is 0 Å². The van der Waals surface area contributed by atoms with E-state index in [-0.39, 0.29) is 17.7 Å². The van der Waals surface area contributed by atoms with Gasteiger partial charge in [0.1, 0.15) is 18.3 Å². The van der Waals surface area contributed by atoms with Crippen LogP contribution in [-0.4, -0.2) is 62.3 Å². The van der Waals surface area contributed by atoms with E-state index < -0.39 is 47.7 Å². The van der Waals surface area contributed by atoms with Gasteiger partial charge in [-0.15, -0.1) is 0 Å². The van der Waals surface area contributed by atoms with Crippen molar-refractivity contribution < 1.29 is 39.6 Å². The average molecular weight is 540 g/mol. The van der Waals surface area contributed by atoms with Crippen molar-refractivity contribution in [3.05, 3.63) is 39.9 Å². The lowest BCUT2D eigenvalue weighted by Gasteiger charge is -2.47. The van der Waals surface area contributed by atoms with Gasteiger partial charge < -0.3 is 29.9 Å². The molecular weight excluding hydrogens is 494 g/mol. The molecule has 1 aliphatic rings. The molecule has 0 amide bonds. The van der Waals surface area contributed by atoms with Gasteiger partial charge in [-0.2, -0.15) is 0 Å². The van der Waals surface area contributed by atoms with E-state index in [1.165, 1.54) is 69.9 Å². The number of rotatable bonds is 18. The molecule has 0 unspecified atom stereocenters. The van der Waals surface area contributed by atoms with Crippen molar-refractivity contribution in [2.75, 3.05) is 6.61 Å². The maximum absolute atomic E-state index is 12.8. The first-order valence-corrected chi connectivity index (χ1v) is 14.1. The fourth-order valence-corrected chi connectivity index (χ4v) is 4.85. The monoisotopic (exact) mass is 539 g/mol. The van der Waals surface area contributed by atoms with Crippen LogP contribution in [0, 0.1) is 10.1 Å². The van der Waals surface area contributed by atoms with E-state index in [1.54, 1.807) is 0 Å². The van der Waals surface area contributed by atoms with Gasteiger partial charge in [0.05, 0.1) is 11.5 Å². The molecule has 0 aliphatic carbocycles. The zero-order valence-corrected chi connectivity index (χ0v) is 22.5. The Hall–Kier alpha value is -2.11. The molecule has 1 saturated heterocycles. The molecule has 0 spiro atoms. The molecule has 2 rings (SSSR count). The summed E-state index contributed by atoms with van der Waals surface area (Å²) >= 11 is 0. The summed E-state index contributed by atoms with van der Waals surface area (Å²) in [6.45, 7) is 1.51. The van der Waals surface area contributed by atoms with E-state index in [2.05, 4.69) is 6.92 Å². The van der Waals surface area contributed by atoms with Gasteiger partial charge in [0.15, 0.2) is 6.10 Å². The van der Waals surface area contributed by atoms with E-state index in [9.17, 15) is 35.3 Å². The fraction of sp³-hybridized carbons (Fsp3) is 0.750. The Balaban J connectivity index is 1.86. The topological polar surface area (TPSA) is 160 Å². The van der Waals surface area contributed by atoms with Crippen LogP contribution in [0.5, 0.6) is 0 Å². The minimum absolute atomic E-state index is 0.0405. The molecule has 1 aliphatic heterocycles. The summed E-state index contributed by atoms with van der Waals surface area (Å²) in [5.74, 6) is -2.93. The minimum Gasteiger partial charge on any atom is -0.425 e. The average Bonchev–Trinajstić information content (AvgIpc) is 2.91. The molecule has 10 heteroatoms. The largest absolute Gasteiger partial charge is 0.425 e. The number of aliphatic hydroxyl groups is 4. The SMILES string of the molecule is CCCCCCCCCCCCCCCC(=O)O[C@@]1(c2ccc([N+](=O)[O-])cc2)O[C@H](CO)[C@@H](O)[C@H](O)[C@H]1O. The molecule has 216 valence electrons. The molecule has 1 aromatic carbocycles. The van der Waals surface area contributed by atoms with Crippen molar-refractivity contribution >= 4 is 11.7 Å². The van der Waals surface area contributed by atoms with Crippen LogP contribution in [0.4, 0.5) is 5.69 Å². The summed E-state index contributed by atoms with van der Waals surface area (Å²) in [5, 5.41) is 52.0. The van der Waals surface area contributed by atoms with Crippen LogP contribution in [0.15, 0.2) is 24.3 Å². The molecule has 0 aromatic heterocycles. The van der Waals surface area contributed by atoms with Crippen molar-refractivity contribution in [2.45, 2.75) is 127 Å². The molecule has 0 radical (unpaired) electrons. The quantitative estimate of drug-likeness (QED) is 0.0925. The third kappa shape index (κ3) is 9.27. The first kappa shape index (κ1) is 32.1. The van der Waals surface area contributed by atoms with Gasteiger partial charge in [0.2, 0.25) is 0 Å². The summed E-state index contributed by atoms with van der Waals surface area (Å²) in [4.78, 5) is 23.2. The second kappa shape index (κ2) is 16.8. The Kier molecular flexibility index (Phi) is 14.2. The van der Waals surface area contributed by atoms with Gasteiger partial charge in [-0.3, -0.25) is 14.9 Å². The second-order valence-corrected chi connectivity index (χ2v) is 10.2. The highest BCUT2D eigenvalue weighted by molar-refractivity contribution is 5.70. The van der Waals surface area contributed by atoms with Gasteiger partial charge in [0, 0.05) is 24.1 Å². The second-order valence-electron chi connectivity index (χ2n) is 10.2. The van der Waals surface area contributed by atoms with E-state index >= 15 is 0 Å². The predicted octanol–water partition coefficient (Wildman–Crippen LogP) is 4.25. The molecule has 0 saturated carbocycles. The van der Waals surface area contributed by atoms with Crippen molar-refractivity contribution in [3.63, 3.8) is 0 Å². The molecule has 4 N–H and O–H groups in total. The highest BCUT2D eigenvalue weighted by Crippen LogP contribution is 2.40. The number of carbonyl (C=O) groups excluding carboxylic acids is 1. The van der Waals surface area contributed by atoms with E-state index in [1.807, 2.05) is 0 Å². The third-order valence-corrected chi connectivity index (χ3v) is 7.18. The van der Waals surface area contributed by atoms with Gasteiger partial charge in [-0.1, -0.05) is 84.0 Å². The lowest BCUT2D eigenvalue weighted by molar-refractivity contribution is -0.385. The molecular formula is C28H45NO9. The van der Waals surface area contributed by atoms with E-state index in [0.29, 0.717) is 6.42 Å². The Morgan fingerprint density at radius 1 is 0.895 bits per heavy atom. The van der Waals surface area contributed by atoms with Crippen LogP contribution < -0.4 is 0 Å². The van der Waals surface area contributed by atoms with Crippen LogP contribution in [0.1, 0.15) is 102 Å². The van der Waals surface area contributed by atoms with Crippen LogP contribution >= 0.6 is 0 Å². The first-order valence-electron chi connectivity index (χ1n) is 14.1. The summed E-state index contributed by atoms with van der Waals surface area (Å²) < 4.78 is 11.2. The summed E-state index contributed by atoms with van der Waals surface area (Å²) in [6, 6.07) is 4.80. The van der Waals surface area contributed by atoms with Crippen molar-refractivity contribution in [1.29, 1.82) is 0 Å². The van der Waals surface area contributed by atoms with Crippen molar-refractivity contribution in [2.24, 2.45) is 0 Å². The number of esters is 1. The third-order valence-electron chi connectivity index (χ3n) is 7.18. The molecule has 1 fully saturated rings. The molecule has 0 bridgehead atoms. The Bertz CT molecular complexity index is 832. The van der Waals surface area contributed by atoms with Crippen LogP contribution in [-0.2, 0) is 20.1 Å². The van der Waals surface area contributed by atoms with Crippen LogP contribution in [0.3, 0.4) is 0 Å². The Morgan fingerprint density at radius 3 is 1.87 bits per heavy atom. The molecule has 5 atom stereocenters. The number of hydrogen-bond donors (Lipinski definition) is 4. The maximum Gasteiger partial charge on any atom is 0.308 e. The van der Waals surface area contributed by atoms with Crippen LogP contribution in [0.25, 0.3) is 0 Å². The predicted molar refractivity (Wildman–Crippen MR) is 141 cm³/mol. The number of unbranched alkanes of at least 4 members (excludes halogenated alkanes) is 12. The number of hydrogen-bond acceptors (Lipinski definition) is 9. The molecule has 1 aromatic rings. The normalized spacial score (nSPS) is 25.3.